The van der Waals surface area contributed by atoms with E-state index in [1.165, 1.54) is 11.6 Å². The van der Waals surface area contributed by atoms with Crippen LogP contribution in [0, 0.1) is 20.8 Å². The first-order chi connectivity index (χ1) is 14.2. The fourth-order valence-corrected chi connectivity index (χ4v) is 4.34. The summed E-state index contributed by atoms with van der Waals surface area (Å²) in [6, 6.07) is 14.6. The fourth-order valence-electron chi connectivity index (χ4n) is 2.81. The van der Waals surface area contributed by atoms with Gasteiger partial charge in [0.15, 0.2) is 0 Å². The van der Waals surface area contributed by atoms with Gasteiger partial charge in [0.05, 0.1) is 4.90 Å². The maximum Gasteiger partial charge on any atom is 0.240 e. The molecule has 0 radical (unpaired) electrons. The monoisotopic (exact) mass is 445 g/mol. The van der Waals surface area contributed by atoms with Gasteiger partial charge in [-0.15, -0.1) is 0 Å². The molecule has 7 nitrogen and oxygen atoms in total. The molecule has 0 aliphatic rings. The molecular weight excluding hydrogens is 422 g/mol. The van der Waals surface area contributed by atoms with Crippen LogP contribution < -0.4 is 15.4 Å². The van der Waals surface area contributed by atoms with Crippen molar-refractivity contribution in [3.05, 3.63) is 70.4 Å². The summed E-state index contributed by atoms with van der Waals surface area (Å²) in [5.41, 5.74) is 3.41. The van der Waals surface area contributed by atoms with Crippen LogP contribution in [-0.4, -0.2) is 31.5 Å². The predicted molar refractivity (Wildman–Crippen MR) is 121 cm³/mol. The van der Waals surface area contributed by atoms with E-state index in [0.717, 1.165) is 11.4 Å². The van der Waals surface area contributed by atoms with Gasteiger partial charge in [0, 0.05) is 35.6 Å². The number of anilines is 3. The Morgan fingerprint density at radius 1 is 0.967 bits per heavy atom. The number of benzene rings is 2. The van der Waals surface area contributed by atoms with Gasteiger partial charge in [-0.25, -0.2) is 18.1 Å². The van der Waals surface area contributed by atoms with Crippen LogP contribution in [0.4, 0.5) is 17.5 Å². The maximum absolute atomic E-state index is 12.5. The Balaban J connectivity index is 1.60. The van der Waals surface area contributed by atoms with Crippen LogP contribution >= 0.6 is 11.6 Å². The molecule has 158 valence electrons. The highest BCUT2D eigenvalue weighted by Gasteiger charge is 2.17. The van der Waals surface area contributed by atoms with E-state index in [4.69, 9.17) is 11.6 Å². The Morgan fingerprint density at radius 3 is 2.43 bits per heavy atom. The molecule has 2 aromatic carbocycles. The number of sulfonamides is 1. The van der Waals surface area contributed by atoms with E-state index in [2.05, 4.69) is 25.3 Å². The molecule has 3 N–H and O–H groups in total. The van der Waals surface area contributed by atoms with Crippen molar-refractivity contribution < 1.29 is 8.42 Å². The minimum Gasteiger partial charge on any atom is -0.353 e. The quantitative estimate of drug-likeness (QED) is 0.450. The standard InChI is InChI=1S/C21H24ClN5O2S/c1-14-7-9-17(10-8-14)26-20-13-15(2)25-21(27-20)23-11-12-24-30(28,29)19-6-4-5-18(22)16(19)3/h4-10,13,24H,11-12H2,1-3H3,(H2,23,25,26,27). The van der Waals surface area contributed by atoms with E-state index in [-0.39, 0.29) is 11.4 Å². The number of rotatable bonds is 8. The summed E-state index contributed by atoms with van der Waals surface area (Å²) in [6.07, 6.45) is 0. The molecule has 0 saturated heterocycles. The highest BCUT2D eigenvalue weighted by Crippen LogP contribution is 2.22. The van der Waals surface area contributed by atoms with Crippen molar-refractivity contribution in [1.82, 2.24) is 14.7 Å². The zero-order valence-corrected chi connectivity index (χ0v) is 18.6. The average Bonchev–Trinajstić information content (AvgIpc) is 2.69. The number of aromatic nitrogens is 2. The average molecular weight is 446 g/mol. The lowest BCUT2D eigenvalue weighted by molar-refractivity contribution is 0.582. The van der Waals surface area contributed by atoms with Crippen LogP contribution in [0.25, 0.3) is 0 Å². The van der Waals surface area contributed by atoms with Gasteiger partial charge in [0.2, 0.25) is 16.0 Å². The number of hydrogen-bond acceptors (Lipinski definition) is 6. The third-order valence-electron chi connectivity index (χ3n) is 4.39. The summed E-state index contributed by atoms with van der Waals surface area (Å²) in [7, 11) is -3.66. The van der Waals surface area contributed by atoms with Crippen molar-refractivity contribution in [2.75, 3.05) is 23.7 Å². The molecule has 1 heterocycles. The van der Waals surface area contributed by atoms with Gasteiger partial charge in [-0.2, -0.15) is 4.98 Å². The van der Waals surface area contributed by atoms with E-state index < -0.39 is 10.0 Å². The zero-order valence-electron chi connectivity index (χ0n) is 17.0. The summed E-state index contributed by atoms with van der Waals surface area (Å²) < 4.78 is 27.6. The first-order valence-electron chi connectivity index (χ1n) is 9.42. The molecule has 0 aliphatic heterocycles. The molecule has 9 heteroatoms. The Bertz CT molecular complexity index is 1130. The van der Waals surface area contributed by atoms with Gasteiger partial charge < -0.3 is 10.6 Å². The lowest BCUT2D eigenvalue weighted by Crippen LogP contribution is -2.29. The summed E-state index contributed by atoms with van der Waals surface area (Å²) in [6.45, 7) is 6.08. The number of aryl methyl sites for hydroxylation is 2. The van der Waals surface area contributed by atoms with Gasteiger partial charge in [-0.05, 0) is 50.6 Å². The van der Waals surface area contributed by atoms with Crippen LogP contribution in [0.15, 0.2) is 53.4 Å². The molecule has 0 unspecified atom stereocenters. The van der Waals surface area contributed by atoms with Crippen LogP contribution in [-0.2, 0) is 10.0 Å². The maximum atomic E-state index is 12.5. The van der Waals surface area contributed by atoms with Gasteiger partial charge in [-0.1, -0.05) is 35.4 Å². The minimum absolute atomic E-state index is 0.173. The van der Waals surface area contributed by atoms with E-state index >= 15 is 0 Å². The van der Waals surface area contributed by atoms with Gasteiger partial charge in [0.1, 0.15) is 5.82 Å². The summed E-state index contributed by atoms with van der Waals surface area (Å²) in [5, 5.41) is 6.72. The lowest BCUT2D eigenvalue weighted by Gasteiger charge is -2.12. The summed E-state index contributed by atoms with van der Waals surface area (Å²) >= 11 is 6.03. The van der Waals surface area contributed by atoms with Crippen LogP contribution in [0.3, 0.4) is 0 Å². The van der Waals surface area contributed by atoms with Crippen molar-refractivity contribution in [2.45, 2.75) is 25.7 Å². The Kier molecular flexibility index (Phi) is 6.91. The Labute approximate surface area is 182 Å². The third-order valence-corrected chi connectivity index (χ3v) is 6.40. The van der Waals surface area contributed by atoms with Gasteiger partial charge >= 0.3 is 0 Å². The molecule has 0 spiro atoms. The molecule has 0 amide bonds. The smallest absolute Gasteiger partial charge is 0.240 e. The lowest BCUT2D eigenvalue weighted by atomic mass is 10.2. The number of nitrogens with one attached hydrogen (secondary N) is 3. The molecular formula is C21H24ClN5O2S. The molecule has 1 aromatic heterocycles. The molecule has 0 saturated carbocycles. The van der Waals surface area contributed by atoms with Crippen molar-refractivity contribution in [3.63, 3.8) is 0 Å². The van der Waals surface area contributed by atoms with Crippen LogP contribution in [0.1, 0.15) is 16.8 Å². The second-order valence-electron chi connectivity index (χ2n) is 6.90. The minimum atomic E-state index is -3.66. The highest BCUT2D eigenvalue weighted by molar-refractivity contribution is 7.89. The predicted octanol–water partition coefficient (Wildman–Crippen LogP) is 4.19. The van der Waals surface area contributed by atoms with E-state index in [1.54, 1.807) is 19.1 Å². The number of nitrogens with zero attached hydrogens (tertiary/aromatic N) is 2. The second kappa shape index (κ2) is 9.42. The van der Waals surface area contributed by atoms with Crippen molar-refractivity contribution in [2.24, 2.45) is 0 Å². The largest absolute Gasteiger partial charge is 0.353 e. The highest BCUT2D eigenvalue weighted by atomic mass is 35.5. The summed E-state index contributed by atoms with van der Waals surface area (Å²) in [4.78, 5) is 8.96. The normalized spacial score (nSPS) is 11.3. The molecule has 0 bridgehead atoms. The van der Waals surface area contributed by atoms with Crippen LogP contribution in [0.2, 0.25) is 5.02 Å². The van der Waals surface area contributed by atoms with E-state index in [0.29, 0.717) is 28.9 Å². The van der Waals surface area contributed by atoms with E-state index in [9.17, 15) is 8.42 Å². The third kappa shape index (κ3) is 5.69. The molecule has 3 aromatic rings. The Hall–Kier alpha value is -2.68. The zero-order chi connectivity index (χ0) is 21.7. The first-order valence-corrected chi connectivity index (χ1v) is 11.3. The van der Waals surface area contributed by atoms with Crippen molar-refractivity contribution in [1.29, 1.82) is 0 Å². The number of halogens is 1. The molecule has 0 atom stereocenters. The fraction of sp³-hybridized carbons (Fsp3) is 0.238. The topological polar surface area (TPSA) is 96.0 Å². The van der Waals surface area contributed by atoms with Crippen molar-refractivity contribution in [3.8, 4) is 0 Å². The molecule has 0 fully saturated rings. The van der Waals surface area contributed by atoms with Gasteiger partial charge in [-0.3, -0.25) is 0 Å². The molecule has 3 rings (SSSR count). The first kappa shape index (κ1) is 22.0. The van der Waals surface area contributed by atoms with Crippen molar-refractivity contribution >= 4 is 39.1 Å². The SMILES string of the molecule is Cc1ccc(Nc2cc(C)nc(NCCNS(=O)(=O)c3cccc(Cl)c3C)n2)cc1. The molecule has 30 heavy (non-hydrogen) atoms. The number of hydrogen-bond donors (Lipinski definition) is 3. The molecule has 0 aliphatic carbocycles. The van der Waals surface area contributed by atoms with Crippen LogP contribution in [0.5, 0.6) is 0 Å². The Morgan fingerprint density at radius 2 is 1.70 bits per heavy atom. The van der Waals surface area contributed by atoms with Gasteiger partial charge in [0.25, 0.3) is 0 Å². The second-order valence-corrected chi connectivity index (χ2v) is 9.04. The summed E-state index contributed by atoms with van der Waals surface area (Å²) in [5.74, 6) is 1.08. The van der Waals surface area contributed by atoms with E-state index in [1.807, 2.05) is 44.2 Å².